The summed E-state index contributed by atoms with van der Waals surface area (Å²) in [5, 5.41) is 10.2. The number of hydrogen-bond acceptors (Lipinski definition) is 5. The van der Waals surface area contributed by atoms with Crippen molar-refractivity contribution in [1.29, 1.82) is 5.26 Å². The predicted octanol–water partition coefficient (Wildman–Crippen LogP) is 7.66. The van der Waals surface area contributed by atoms with E-state index >= 15 is 0 Å². The van der Waals surface area contributed by atoms with Crippen molar-refractivity contribution >= 4 is 32.1 Å². The largest absolute Gasteiger partial charge is 0.347 e. The Kier molecular flexibility index (Phi) is 7.64. The number of nitrogens with zero attached hydrogens (tertiary/aromatic N) is 1. The third kappa shape index (κ3) is 5.41. The molecule has 3 nitrogen and oxygen atoms in total. The van der Waals surface area contributed by atoms with Crippen LogP contribution >= 0.6 is 22.7 Å². The predicted molar refractivity (Wildman–Crippen MR) is 121 cm³/mol. The third-order valence-corrected chi connectivity index (χ3v) is 9.09. The van der Waals surface area contributed by atoms with Crippen LogP contribution in [0.15, 0.2) is 12.1 Å². The zero-order valence-corrected chi connectivity index (χ0v) is 19.2. The number of fused-ring (bicyclic) bond motifs is 1. The standard InChI is InChI=1S/C24H33NO2S2/c1-2-3-4-5-6-7-17-8-10-18(11-9-17)20-15-26-23(27-16-20)22-13-19-12-21(14-25)28-24(19)29-22/h12-13,17-18,20,23H,2-11,15-16H2,1H3. The molecule has 158 valence electrons. The Morgan fingerprint density at radius 1 is 0.966 bits per heavy atom. The fourth-order valence-corrected chi connectivity index (χ4v) is 7.23. The summed E-state index contributed by atoms with van der Waals surface area (Å²) in [5.74, 6) is 2.30. The lowest BCUT2D eigenvalue weighted by Gasteiger charge is -2.37. The Morgan fingerprint density at radius 3 is 2.41 bits per heavy atom. The molecule has 0 bridgehead atoms. The smallest absolute Gasteiger partial charge is 0.193 e. The monoisotopic (exact) mass is 431 g/mol. The fourth-order valence-electron chi connectivity index (χ4n) is 4.97. The van der Waals surface area contributed by atoms with E-state index in [1.165, 1.54) is 68.2 Å². The van der Waals surface area contributed by atoms with Gasteiger partial charge in [0.2, 0.25) is 0 Å². The van der Waals surface area contributed by atoms with Crippen LogP contribution in [0.1, 0.15) is 87.2 Å². The van der Waals surface area contributed by atoms with Gasteiger partial charge >= 0.3 is 0 Å². The molecule has 2 aromatic heterocycles. The molecule has 0 N–H and O–H groups in total. The van der Waals surface area contributed by atoms with Gasteiger partial charge in [0.05, 0.1) is 22.1 Å². The number of rotatable bonds is 8. The first-order valence-corrected chi connectivity index (χ1v) is 13.1. The molecule has 3 heterocycles. The van der Waals surface area contributed by atoms with Crippen molar-refractivity contribution in [1.82, 2.24) is 0 Å². The molecule has 2 fully saturated rings. The second-order valence-electron chi connectivity index (χ2n) is 8.86. The average Bonchev–Trinajstić information content (AvgIpc) is 3.33. The highest BCUT2D eigenvalue weighted by molar-refractivity contribution is 7.38. The molecule has 2 aliphatic rings. The van der Waals surface area contributed by atoms with E-state index < -0.39 is 0 Å². The second-order valence-corrected chi connectivity index (χ2v) is 11.3. The van der Waals surface area contributed by atoms with Gasteiger partial charge in [-0.2, -0.15) is 5.26 Å². The van der Waals surface area contributed by atoms with Crippen LogP contribution in [0.4, 0.5) is 0 Å². The van der Waals surface area contributed by atoms with Crippen LogP contribution in [-0.2, 0) is 9.47 Å². The first-order chi connectivity index (χ1) is 14.3. The van der Waals surface area contributed by atoms with Gasteiger partial charge in [0, 0.05) is 11.3 Å². The van der Waals surface area contributed by atoms with E-state index in [9.17, 15) is 0 Å². The highest BCUT2D eigenvalue weighted by atomic mass is 32.2. The molecule has 0 atom stereocenters. The molecule has 0 aromatic carbocycles. The summed E-state index contributed by atoms with van der Waals surface area (Å²) in [7, 11) is 0. The van der Waals surface area contributed by atoms with Crippen molar-refractivity contribution in [2.24, 2.45) is 17.8 Å². The lowest BCUT2D eigenvalue weighted by molar-refractivity contribution is -0.213. The fraction of sp³-hybridized carbons (Fsp3) is 0.708. The topological polar surface area (TPSA) is 42.2 Å². The lowest BCUT2D eigenvalue weighted by atomic mass is 9.74. The minimum Gasteiger partial charge on any atom is -0.347 e. The van der Waals surface area contributed by atoms with Crippen molar-refractivity contribution in [3.63, 3.8) is 0 Å². The van der Waals surface area contributed by atoms with Crippen molar-refractivity contribution in [2.45, 2.75) is 77.4 Å². The molecule has 1 saturated carbocycles. The molecular weight excluding hydrogens is 398 g/mol. The summed E-state index contributed by atoms with van der Waals surface area (Å²) in [6.45, 7) is 3.94. The first-order valence-electron chi connectivity index (χ1n) is 11.4. The zero-order chi connectivity index (χ0) is 20.1. The van der Waals surface area contributed by atoms with Gasteiger partial charge in [-0.1, -0.05) is 58.3 Å². The summed E-state index contributed by atoms with van der Waals surface area (Å²) in [4.78, 5) is 1.92. The zero-order valence-electron chi connectivity index (χ0n) is 17.5. The Balaban J connectivity index is 1.19. The maximum atomic E-state index is 9.03. The Hall–Kier alpha value is -0.930. The minimum atomic E-state index is -0.221. The lowest BCUT2D eigenvalue weighted by Crippen LogP contribution is -2.34. The Morgan fingerprint density at radius 2 is 1.72 bits per heavy atom. The normalized spacial score (nSPS) is 27.9. The average molecular weight is 432 g/mol. The summed E-state index contributed by atoms with van der Waals surface area (Å²) in [6.07, 6.45) is 13.8. The van der Waals surface area contributed by atoms with Gasteiger partial charge in [0.25, 0.3) is 0 Å². The summed E-state index contributed by atoms with van der Waals surface area (Å²) in [6, 6.07) is 6.33. The van der Waals surface area contributed by atoms with Gasteiger partial charge in [0.15, 0.2) is 6.29 Å². The molecule has 0 unspecified atom stereocenters. The maximum Gasteiger partial charge on any atom is 0.193 e. The van der Waals surface area contributed by atoms with Crippen LogP contribution < -0.4 is 0 Å². The molecule has 4 rings (SSSR count). The molecule has 5 heteroatoms. The van der Waals surface area contributed by atoms with E-state index in [1.807, 2.05) is 6.07 Å². The molecule has 0 spiro atoms. The maximum absolute atomic E-state index is 9.03. The number of thiophene rings is 2. The van der Waals surface area contributed by atoms with E-state index in [2.05, 4.69) is 19.1 Å². The number of hydrogen-bond donors (Lipinski definition) is 0. The van der Waals surface area contributed by atoms with Gasteiger partial charge in [0.1, 0.15) is 10.9 Å². The van der Waals surface area contributed by atoms with Crippen LogP contribution in [0, 0.1) is 29.1 Å². The Bertz CT molecular complexity index is 773. The Labute approximate surface area is 183 Å². The van der Waals surface area contributed by atoms with Crippen LogP contribution in [0.25, 0.3) is 9.40 Å². The van der Waals surface area contributed by atoms with Crippen LogP contribution in [0.5, 0.6) is 0 Å². The van der Waals surface area contributed by atoms with Gasteiger partial charge in [-0.3, -0.25) is 0 Å². The van der Waals surface area contributed by atoms with Gasteiger partial charge < -0.3 is 9.47 Å². The number of ether oxygens (including phenoxy) is 2. The minimum absolute atomic E-state index is 0.221. The second kappa shape index (κ2) is 10.4. The van der Waals surface area contributed by atoms with Gasteiger partial charge in [-0.05, 0) is 36.8 Å². The van der Waals surface area contributed by atoms with Crippen molar-refractivity contribution in [2.75, 3.05) is 13.2 Å². The molecule has 1 aliphatic carbocycles. The quantitative estimate of drug-likeness (QED) is 0.403. The summed E-state index contributed by atoms with van der Waals surface area (Å²) in [5.41, 5.74) is 0. The molecule has 2 aromatic rings. The molecule has 1 aliphatic heterocycles. The van der Waals surface area contributed by atoms with Crippen molar-refractivity contribution < 1.29 is 9.47 Å². The van der Waals surface area contributed by atoms with E-state index in [1.54, 1.807) is 22.7 Å². The first kappa shape index (κ1) is 21.3. The van der Waals surface area contributed by atoms with Crippen molar-refractivity contribution in [3.05, 3.63) is 21.9 Å². The highest BCUT2D eigenvalue weighted by Gasteiger charge is 2.32. The molecule has 1 saturated heterocycles. The van der Waals surface area contributed by atoms with Crippen molar-refractivity contribution in [3.8, 4) is 6.07 Å². The summed E-state index contributed by atoms with van der Waals surface area (Å²) < 4.78 is 13.5. The molecular formula is C24H33NO2S2. The van der Waals surface area contributed by atoms with E-state index in [0.717, 1.165) is 40.2 Å². The number of nitriles is 1. The van der Waals surface area contributed by atoms with E-state index in [0.29, 0.717) is 5.92 Å². The SMILES string of the molecule is CCCCCCCC1CCC(C2COC(c3cc4cc(C#N)sc4s3)OC2)CC1. The van der Waals surface area contributed by atoms with Crippen LogP contribution in [0.3, 0.4) is 0 Å². The highest BCUT2D eigenvalue weighted by Crippen LogP contribution is 2.41. The van der Waals surface area contributed by atoms with Crippen LogP contribution in [0.2, 0.25) is 0 Å². The molecule has 0 amide bonds. The third-order valence-electron chi connectivity index (χ3n) is 6.77. The molecule has 29 heavy (non-hydrogen) atoms. The molecule has 0 radical (unpaired) electrons. The van der Waals surface area contributed by atoms with E-state index in [-0.39, 0.29) is 6.29 Å². The van der Waals surface area contributed by atoms with Gasteiger partial charge in [-0.15, -0.1) is 22.7 Å². The van der Waals surface area contributed by atoms with E-state index in [4.69, 9.17) is 14.7 Å². The summed E-state index contributed by atoms with van der Waals surface area (Å²) >= 11 is 3.27. The van der Waals surface area contributed by atoms with Crippen LogP contribution in [-0.4, -0.2) is 13.2 Å². The van der Waals surface area contributed by atoms with Gasteiger partial charge in [-0.25, -0.2) is 0 Å². The number of unbranched alkanes of at least 4 members (excludes halogenated alkanes) is 4.